The number of hydrogen-bond donors (Lipinski definition) is 2. The van der Waals surface area contributed by atoms with E-state index in [0.29, 0.717) is 5.69 Å². The summed E-state index contributed by atoms with van der Waals surface area (Å²) in [6.45, 7) is 3.57. The third-order valence-electron chi connectivity index (χ3n) is 2.17. The summed E-state index contributed by atoms with van der Waals surface area (Å²) >= 11 is 5.89. The van der Waals surface area contributed by atoms with Crippen molar-refractivity contribution in [3.05, 3.63) is 21.6 Å². The van der Waals surface area contributed by atoms with Gasteiger partial charge in [0.15, 0.2) is 0 Å². The lowest BCUT2D eigenvalue weighted by atomic mass is 10.00. The molecule has 0 radical (unpaired) electrons. The van der Waals surface area contributed by atoms with Crippen LogP contribution in [0.1, 0.15) is 20.3 Å². The van der Waals surface area contributed by atoms with E-state index in [-0.39, 0.29) is 11.4 Å². The van der Waals surface area contributed by atoms with E-state index in [0.717, 1.165) is 4.68 Å². The monoisotopic (exact) mass is 258 g/mol. The van der Waals surface area contributed by atoms with Crippen LogP contribution in [-0.2, 0) is 11.8 Å². The van der Waals surface area contributed by atoms with Gasteiger partial charge in [-0.05, 0) is 13.8 Å². The summed E-state index contributed by atoms with van der Waals surface area (Å²) in [6, 6.07) is 0. The fraction of sp³-hybridized carbons (Fsp3) is 0.500. The van der Waals surface area contributed by atoms with Crippen molar-refractivity contribution in [3.8, 4) is 0 Å². The maximum absolute atomic E-state index is 11.5. The number of amides is 1. The summed E-state index contributed by atoms with van der Waals surface area (Å²) in [5.41, 5.74) is 4.53. The minimum atomic E-state index is -0.594. The smallest absolute Gasteiger partial charge is 0.287 e. The molecule has 1 heterocycles. The third-order valence-corrected chi connectivity index (χ3v) is 2.53. The Hall–Kier alpha value is -1.56. The number of anilines is 1. The Balaban J connectivity index is 3.00. The van der Waals surface area contributed by atoms with Gasteiger partial charge >= 0.3 is 0 Å². The maximum atomic E-state index is 11.5. The molecule has 1 rings (SSSR count). The van der Waals surface area contributed by atoms with Crippen LogP contribution in [0.4, 0.5) is 5.69 Å². The van der Waals surface area contributed by atoms with Gasteiger partial charge < -0.3 is 11.1 Å². The summed E-state index contributed by atoms with van der Waals surface area (Å²) in [5.74, 6) is -0.435. The molecule has 1 aromatic rings. The standard InChI is InChI=1S/C10H15ClN4O2/c1-10(2,4-7(12)16)14-6-5-13-15(3)9(17)8(6)11/h5,14H,4H2,1-3H3,(H2,12,16). The van der Waals surface area contributed by atoms with Crippen LogP contribution in [0.25, 0.3) is 0 Å². The summed E-state index contributed by atoms with van der Waals surface area (Å²) in [4.78, 5) is 22.4. The Kier molecular flexibility index (Phi) is 3.77. The van der Waals surface area contributed by atoms with Crippen molar-refractivity contribution < 1.29 is 4.79 Å². The number of halogens is 1. The maximum Gasteiger partial charge on any atom is 0.287 e. The average Bonchev–Trinajstić information content (AvgIpc) is 2.17. The van der Waals surface area contributed by atoms with E-state index < -0.39 is 17.0 Å². The minimum Gasteiger partial charge on any atom is -0.377 e. The number of aromatic nitrogens is 2. The molecule has 6 nitrogen and oxygen atoms in total. The third kappa shape index (κ3) is 3.45. The Morgan fingerprint density at radius 3 is 2.76 bits per heavy atom. The average molecular weight is 259 g/mol. The van der Waals surface area contributed by atoms with Crippen molar-refractivity contribution in [2.75, 3.05) is 5.32 Å². The summed E-state index contributed by atoms with van der Waals surface area (Å²) in [7, 11) is 1.51. The van der Waals surface area contributed by atoms with Crippen LogP contribution in [0.3, 0.4) is 0 Å². The normalized spacial score (nSPS) is 11.3. The van der Waals surface area contributed by atoms with Crippen LogP contribution in [0.15, 0.2) is 11.0 Å². The second-order valence-corrected chi connectivity index (χ2v) is 4.83. The molecule has 0 fully saturated rings. The van der Waals surface area contributed by atoms with Crippen LogP contribution in [0, 0.1) is 0 Å². The highest BCUT2D eigenvalue weighted by atomic mass is 35.5. The van der Waals surface area contributed by atoms with Gasteiger partial charge in [0, 0.05) is 19.0 Å². The first-order valence-electron chi connectivity index (χ1n) is 5.01. The van der Waals surface area contributed by atoms with E-state index in [2.05, 4.69) is 10.4 Å². The highest BCUT2D eigenvalue weighted by Gasteiger charge is 2.22. The first kappa shape index (κ1) is 13.5. The topological polar surface area (TPSA) is 90.0 Å². The molecule has 0 atom stereocenters. The Morgan fingerprint density at radius 2 is 2.24 bits per heavy atom. The van der Waals surface area contributed by atoms with Gasteiger partial charge in [0.2, 0.25) is 5.91 Å². The fourth-order valence-corrected chi connectivity index (χ4v) is 1.66. The summed E-state index contributed by atoms with van der Waals surface area (Å²) in [5, 5.41) is 6.86. The number of nitrogens with zero attached hydrogens (tertiary/aromatic N) is 2. The predicted molar refractivity (Wildman–Crippen MR) is 66.0 cm³/mol. The Bertz CT molecular complexity index is 496. The lowest BCUT2D eigenvalue weighted by Gasteiger charge is -2.26. The zero-order valence-corrected chi connectivity index (χ0v) is 10.7. The highest BCUT2D eigenvalue weighted by molar-refractivity contribution is 6.32. The van der Waals surface area contributed by atoms with E-state index >= 15 is 0 Å². The van der Waals surface area contributed by atoms with Gasteiger partial charge in [-0.15, -0.1) is 0 Å². The van der Waals surface area contributed by atoms with Crippen LogP contribution >= 0.6 is 11.6 Å². The van der Waals surface area contributed by atoms with Gasteiger partial charge in [0.25, 0.3) is 5.56 Å². The molecule has 94 valence electrons. The van der Waals surface area contributed by atoms with E-state index in [1.807, 2.05) is 0 Å². The second kappa shape index (κ2) is 4.75. The Morgan fingerprint density at radius 1 is 1.65 bits per heavy atom. The van der Waals surface area contributed by atoms with Crippen molar-refractivity contribution >= 4 is 23.2 Å². The van der Waals surface area contributed by atoms with Crippen LogP contribution < -0.4 is 16.6 Å². The number of carbonyl (C=O) groups is 1. The number of rotatable bonds is 4. The molecule has 0 aromatic carbocycles. The summed E-state index contributed by atoms with van der Waals surface area (Å²) in [6.07, 6.45) is 1.56. The number of carbonyl (C=O) groups excluding carboxylic acids is 1. The molecule has 0 unspecified atom stereocenters. The van der Waals surface area contributed by atoms with Gasteiger partial charge in [-0.2, -0.15) is 5.10 Å². The molecule has 1 aromatic heterocycles. The molecule has 1 amide bonds. The first-order valence-corrected chi connectivity index (χ1v) is 5.39. The Labute approximate surface area is 104 Å². The molecule has 0 spiro atoms. The molecule has 0 bridgehead atoms. The van der Waals surface area contributed by atoms with Crippen LogP contribution in [0.2, 0.25) is 5.02 Å². The molecule has 0 saturated carbocycles. The van der Waals surface area contributed by atoms with E-state index in [1.165, 1.54) is 13.2 Å². The van der Waals surface area contributed by atoms with E-state index in [4.69, 9.17) is 17.3 Å². The van der Waals surface area contributed by atoms with Crippen molar-refractivity contribution in [1.29, 1.82) is 0 Å². The second-order valence-electron chi connectivity index (χ2n) is 4.45. The molecule has 17 heavy (non-hydrogen) atoms. The van der Waals surface area contributed by atoms with Gasteiger partial charge in [0.1, 0.15) is 5.02 Å². The van der Waals surface area contributed by atoms with Crippen molar-refractivity contribution in [1.82, 2.24) is 9.78 Å². The van der Waals surface area contributed by atoms with Crippen molar-refractivity contribution in [2.24, 2.45) is 12.8 Å². The van der Waals surface area contributed by atoms with Gasteiger partial charge in [-0.3, -0.25) is 9.59 Å². The molecular formula is C10H15ClN4O2. The number of nitrogens with two attached hydrogens (primary N) is 1. The van der Waals surface area contributed by atoms with Gasteiger partial charge in [0.05, 0.1) is 11.9 Å². The fourth-order valence-electron chi connectivity index (χ4n) is 1.44. The van der Waals surface area contributed by atoms with Crippen LogP contribution in [0.5, 0.6) is 0 Å². The molecule has 0 saturated heterocycles. The van der Waals surface area contributed by atoms with Crippen molar-refractivity contribution in [2.45, 2.75) is 25.8 Å². The molecule has 0 aliphatic rings. The quantitative estimate of drug-likeness (QED) is 0.823. The summed E-state index contributed by atoms with van der Waals surface area (Å²) < 4.78 is 1.13. The molecule has 7 heteroatoms. The molecular weight excluding hydrogens is 244 g/mol. The predicted octanol–water partition coefficient (Wildman–Crippen LogP) is 0.500. The van der Waals surface area contributed by atoms with Crippen molar-refractivity contribution in [3.63, 3.8) is 0 Å². The zero-order valence-electron chi connectivity index (χ0n) is 9.95. The SMILES string of the molecule is Cn1ncc(NC(C)(C)CC(N)=O)c(Cl)c1=O. The van der Waals surface area contributed by atoms with Gasteiger partial charge in [-0.25, -0.2) is 4.68 Å². The number of primary amides is 1. The largest absolute Gasteiger partial charge is 0.377 e. The van der Waals surface area contributed by atoms with Crippen LogP contribution in [-0.4, -0.2) is 21.2 Å². The van der Waals surface area contributed by atoms with Gasteiger partial charge in [-0.1, -0.05) is 11.6 Å². The zero-order chi connectivity index (χ0) is 13.2. The lowest BCUT2D eigenvalue weighted by Crippen LogP contribution is -2.37. The van der Waals surface area contributed by atoms with E-state index in [9.17, 15) is 9.59 Å². The highest BCUT2D eigenvalue weighted by Crippen LogP contribution is 2.21. The molecule has 3 N–H and O–H groups in total. The molecule has 0 aliphatic heterocycles. The number of hydrogen-bond acceptors (Lipinski definition) is 4. The van der Waals surface area contributed by atoms with E-state index in [1.54, 1.807) is 13.8 Å². The molecule has 0 aliphatic carbocycles. The lowest BCUT2D eigenvalue weighted by molar-refractivity contribution is -0.118. The minimum absolute atomic E-state index is 0.0417. The number of aryl methyl sites for hydroxylation is 1. The first-order chi connectivity index (χ1) is 7.73. The number of nitrogens with one attached hydrogen (secondary N) is 1.